The molecule has 3 N–H and O–H groups in total. The van der Waals surface area contributed by atoms with E-state index in [0.717, 1.165) is 12.8 Å². The summed E-state index contributed by atoms with van der Waals surface area (Å²) in [7, 11) is 0. The summed E-state index contributed by atoms with van der Waals surface area (Å²) in [4.78, 5) is 9.84. The van der Waals surface area contributed by atoms with E-state index in [9.17, 15) is 4.79 Å². The Morgan fingerprint density at radius 1 is 1.56 bits per heavy atom. The van der Waals surface area contributed by atoms with Crippen molar-refractivity contribution in [3.05, 3.63) is 0 Å². The molecule has 0 fully saturated rings. The van der Waals surface area contributed by atoms with Crippen LogP contribution in [0, 0.1) is 5.41 Å². The Morgan fingerprint density at radius 2 is 2.22 bits per heavy atom. The van der Waals surface area contributed by atoms with E-state index in [1.54, 1.807) is 0 Å². The second kappa shape index (κ2) is 5.44. The lowest BCUT2D eigenvalue weighted by molar-refractivity contribution is -0.102. The molecule has 3 nitrogen and oxygen atoms in total. The van der Waals surface area contributed by atoms with Gasteiger partial charge >= 0.3 is 0 Å². The molecule has 0 rings (SSSR count). The third-order valence-electron chi connectivity index (χ3n) is 1.04. The summed E-state index contributed by atoms with van der Waals surface area (Å²) < 4.78 is 0. The Balaban J connectivity index is 3.07. The Bertz CT molecular complexity index is 101. The average Bonchev–Trinajstić information content (AvgIpc) is 1.89. The van der Waals surface area contributed by atoms with Gasteiger partial charge in [-0.1, -0.05) is 0 Å². The molecule has 52 valence electrons. The smallest absolute Gasteiger partial charge is 0.163 e. The molecule has 0 aliphatic heterocycles. The first-order valence-electron chi connectivity index (χ1n) is 3.04. The minimum absolute atomic E-state index is 0.170. The van der Waals surface area contributed by atoms with Crippen LogP contribution in [-0.4, -0.2) is 18.5 Å². The van der Waals surface area contributed by atoms with E-state index < -0.39 is 0 Å². The van der Waals surface area contributed by atoms with Crippen LogP contribution in [0.3, 0.4) is 0 Å². The van der Waals surface area contributed by atoms with Crippen molar-refractivity contribution >= 4 is 12.0 Å². The lowest BCUT2D eigenvalue weighted by atomic mass is 10.2. The molecule has 0 radical (unpaired) electrons. The van der Waals surface area contributed by atoms with Crippen molar-refractivity contribution < 1.29 is 4.79 Å². The number of nitrogens with two attached hydrogens (primary N) is 1. The molecular weight excluding hydrogens is 116 g/mol. The van der Waals surface area contributed by atoms with Crippen molar-refractivity contribution in [1.29, 1.82) is 5.41 Å². The van der Waals surface area contributed by atoms with E-state index >= 15 is 0 Å². The van der Waals surface area contributed by atoms with Gasteiger partial charge in [0.25, 0.3) is 0 Å². The number of hydrogen-bond acceptors (Lipinski definition) is 3. The van der Waals surface area contributed by atoms with E-state index in [4.69, 9.17) is 11.1 Å². The van der Waals surface area contributed by atoms with Gasteiger partial charge in [0.1, 0.15) is 0 Å². The number of carbonyl (C=O) groups excluding carboxylic acids is 1. The molecule has 0 heterocycles. The molecule has 0 aromatic carbocycles. The molecule has 0 aromatic rings. The van der Waals surface area contributed by atoms with Gasteiger partial charge in [-0.3, -0.25) is 4.79 Å². The molecule has 3 heteroatoms. The molecule has 0 unspecified atom stereocenters. The maximum absolute atomic E-state index is 9.84. The van der Waals surface area contributed by atoms with Crippen LogP contribution < -0.4 is 5.73 Å². The summed E-state index contributed by atoms with van der Waals surface area (Å²) in [5.41, 5.74) is 5.37. The number of nitrogens with one attached hydrogen (secondary N) is 1. The normalized spacial score (nSPS) is 9.00. The SMILES string of the molecule is N=C(C=O)CCCCN. The number of carbonyl (C=O) groups is 1. The number of rotatable bonds is 5. The van der Waals surface area contributed by atoms with Crippen LogP contribution in [-0.2, 0) is 4.79 Å². The second-order valence-electron chi connectivity index (χ2n) is 1.89. The van der Waals surface area contributed by atoms with E-state index in [-0.39, 0.29) is 5.71 Å². The lowest BCUT2D eigenvalue weighted by Gasteiger charge is -1.92. The highest BCUT2D eigenvalue weighted by molar-refractivity contribution is 6.26. The van der Waals surface area contributed by atoms with Crippen LogP contribution in [0.4, 0.5) is 0 Å². The average molecular weight is 128 g/mol. The predicted octanol–water partition coefficient (Wildman–Crippen LogP) is 0.334. The Hall–Kier alpha value is -0.700. The monoisotopic (exact) mass is 128 g/mol. The zero-order valence-electron chi connectivity index (χ0n) is 5.39. The third-order valence-corrected chi connectivity index (χ3v) is 1.04. The van der Waals surface area contributed by atoms with Crippen LogP contribution in [0.2, 0.25) is 0 Å². The van der Waals surface area contributed by atoms with Crippen LogP contribution in [0.5, 0.6) is 0 Å². The van der Waals surface area contributed by atoms with Crippen molar-refractivity contribution in [2.24, 2.45) is 5.73 Å². The van der Waals surface area contributed by atoms with E-state index in [0.29, 0.717) is 19.3 Å². The van der Waals surface area contributed by atoms with Gasteiger partial charge in [-0.25, -0.2) is 0 Å². The minimum atomic E-state index is 0.170. The summed E-state index contributed by atoms with van der Waals surface area (Å²) in [5.74, 6) is 0. The molecule has 0 amide bonds. The first-order chi connectivity index (χ1) is 4.31. The molecule has 0 aliphatic carbocycles. The van der Waals surface area contributed by atoms with Gasteiger partial charge in [0, 0.05) is 0 Å². The molecule has 0 bridgehead atoms. The van der Waals surface area contributed by atoms with Gasteiger partial charge < -0.3 is 11.1 Å². The van der Waals surface area contributed by atoms with Crippen molar-refractivity contribution in [1.82, 2.24) is 0 Å². The quantitative estimate of drug-likeness (QED) is 0.318. The Morgan fingerprint density at radius 3 is 2.67 bits per heavy atom. The number of hydrogen-bond donors (Lipinski definition) is 2. The van der Waals surface area contributed by atoms with Crippen molar-refractivity contribution in [3.8, 4) is 0 Å². The van der Waals surface area contributed by atoms with Crippen LogP contribution in [0.1, 0.15) is 19.3 Å². The number of unbranched alkanes of at least 4 members (excludes halogenated alkanes) is 1. The highest BCUT2D eigenvalue weighted by atomic mass is 16.1. The summed E-state index contributed by atoms with van der Waals surface area (Å²) >= 11 is 0. The van der Waals surface area contributed by atoms with Gasteiger partial charge in [-0.05, 0) is 25.8 Å². The zero-order valence-corrected chi connectivity index (χ0v) is 5.39. The van der Waals surface area contributed by atoms with Crippen LogP contribution in [0.15, 0.2) is 0 Å². The Kier molecular flexibility index (Phi) is 5.01. The minimum Gasteiger partial charge on any atom is -0.330 e. The van der Waals surface area contributed by atoms with Crippen LogP contribution >= 0.6 is 0 Å². The number of aldehydes is 1. The van der Waals surface area contributed by atoms with E-state index in [1.807, 2.05) is 0 Å². The summed E-state index contributed by atoms with van der Waals surface area (Å²) in [6.45, 7) is 0.645. The topological polar surface area (TPSA) is 66.9 Å². The summed E-state index contributed by atoms with van der Waals surface area (Å²) in [6.07, 6.45) is 2.90. The highest BCUT2D eigenvalue weighted by Crippen LogP contribution is 1.92. The second-order valence-corrected chi connectivity index (χ2v) is 1.89. The first kappa shape index (κ1) is 8.30. The molecule has 0 aliphatic rings. The lowest BCUT2D eigenvalue weighted by Crippen LogP contribution is -2.01. The van der Waals surface area contributed by atoms with Gasteiger partial charge in [0.15, 0.2) is 6.29 Å². The molecule has 0 atom stereocenters. The standard InChI is InChI=1S/C6H12N2O/c7-4-2-1-3-6(8)5-9/h5,8H,1-4,7H2. The molecular formula is C6H12N2O. The molecule has 9 heavy (non-hydrogen) atoms. The third kappa shape index (κ3) is 5.17. The van der Waals surface area contributed by atoms with E-state index in [2.05, 4.69) is 0 Å². The van der Waals surface area contributed by atoms with Crippen molar-refractivity contribution in [2.75, 3.05) is 6.54 Å². The molecule has 0 saturated heterocycles. The summed E-state index contributed by atoms with van der Waals surface area (Å²) in [6, 6.07) is 0. The van der Waals surface area contributed by atoms with Gasteiger partial charge in [0.05, 0.1) is 5.71 Å². The fraction of sp³-hybridized carbons (Fsp3) is 0.667. The van der Waals surface area contributed by atoms with Gasteiger partial charge in [-0.15, -0.1) is 0 Å². The summed E-state index contributed by atoms with van der Waals surface area (Å²) in [5, 5.41) is 6.91. The largest absolute Gasteiger partial charge is 0.330 e. The van der Waals surface area contributed by atoms with Crippen molar-refractivity contribution in [2.45, 2.75) is 19.3 Å². The molecule has 0 aromatic heterocycles. The maximum atomic E-state index is 9.84. The molecule has 0 saturated carbocycles. The zero-order chi connectivity index (χ0) is 7.11. The first-order valence-corrected chi connectivity index (χ1v) is 3.04. The Labute approximate surface area is 54.8 Å². The predicted molar refractivity (Wildman–Crippen MR) is 36.7 cm³/mol. The fourth-order valence-electron chi connectivity index (χ4n) is 0.519. The highest BCUT2D eigenvalue weighted by Gasteiger charge is 1.91. The maximum Gasteiger partial charge on any atom is 0.163 e. The van der Waals surface area contributed by atoms with Gasteiger partial charge in [0.2, 0.25) is 0 Å². The van der Waals surface area contributed by atoms with Crippen LogP contribution in [0.25, 0.3) is 0 Å². The molecule has 0 spiro atoms. The van der Waals surface area contributed by atoms with E-state index in [1.165, 1.54) is 0 Å². The fourth-order valence-corrected chi connectivity index (χ4v) is 0.519. The van der Waals surface area contributed by atoms with Gasteiger partial charge in [-0.2, -0.15) is 0 Å². The van der Waals surface area contributed by atoms with Crippen molar-refractivity contribution in [3.63, 3.8) is 0 Å².